The molecule has 0 bridgehead atoms. The standard InChI is InChI=1S/C7H9N3O2/c11-7(12)6-4-3-8-2-1-5(4)9-10-6/h8H,1-3H2,(H,9,10)(H,11,12). The van der Waals surface area contributed by atoms with Gasteiger partial charge in [-0.1, -0.05) is 0 Å². The number of hydrogen-bond acceptors (Lipinski definition) is 3. The fraction of sp³-hybridized carbons (Fsp3) is 0.429. The van der Waals surface area contributed by atoms with Crippen LogP contribution in [0.15, 0.2) is 0 Å². The second-order valence-electron chi connectivity index (χ2n) is 2.76. The summed E-state index contributed by atoms with van der Waals surface area (Å²) < 4.78 is 0. The second-order valence-corrected chi connectivity index (χ2v) is 2.76. The number of fused-ring (bicyclic) bond motifs is 1. The van der Waals surface area contributed by atoms with Gasteiger partial charge in [-0.25, -0.2) is 4.79 Å². The molecule has 3 N–H and O–H groups in total. The van der Waals surface area contributed by atoms with Gasteiger partial charge in [0.15, 0.2) is 0 Å². The van der Waals surface area contributed by atoms with Gasteiger partial charge in [0.05, 0.1) is 5.69 Å². The maximum absolute atomic E-state index is 10.6. The van der Waals surface area contributed by atoms with Crippen molar-refractivity contribution in [2.45, 2.75) is 13.0 Å². The molecule has 0 radical (unpaired) electrons. The van der Waals surface area contributed by atoms with Gasteiger partial charge < -0.3 is 10.4 Å². The van der Waals surface area contributed by atoms with E-state index in [1.54, 1.807) is 0 Å². The molecule has 12 heavy (non-hydrogen) atoms. The fourth-order valence-corrected chi connectivity index (χ4v) is 1.40. The average molecular weight is 167 g/mol. The van der Waals surface area contributed by atoms with Crippen molar-refractivity contribution in [1.82, 2.24) is 15.5 Å². The summed E-state index contributed by atoms with van der Waals surface area (Å²) in [6.45, 7) is 1.48. The molecule has 1 aromatic rings. The van der Waals surface area contributed by atoms with Crippen molar-refractivity contribution >= 4 is 5.97 Å². The van der Waals surface area contributed by atoms with Crippen molar-refractivity contribution in [2.24, 2.45) is 0 Å². The van der Waals surface area contributed by atoms with Gasteiger partial charge in [-0.3, -0.25) is 5.10 Å². The van der Waals surface area contributed by atoms with Gasteiger partial charge in [-0.05, 0) is 0 Å². The van der Waals surface area contributed by atoms with E-state index in [0.29, 0.717) is 6.54 Å². The first kappa shape index (κ1) is 7.30. The molecule has 5 nitrogen and oxygen atoms in total. The molecule has 0 saturated carbocycles. The summed E-state index contributed by atoms with van der Waals surface area (Å²) in [6, 6.07) is 0. The van der Waals surface area contributed by atoms with Crippen molar-refractivity contribution in [3.8, 4) is 0 Å². The Kier molecular flexibility index (Phi) is 1.58. The van der Waals surface area contributed by atoms with E-state index in [4.69, 9.17) is 5.11 Å². The number of aromatic amines is 1. The first-order valence-corrected chi connectivity index (χ1v) is 3.79. The SMILES string of the molecule is O=C(O)c1[nH]nc2c1CNCC2. The van der Waals surface area contributed by atoms with Gasteiger partial charge in [0.25, 0.3) is 0 Å². The van der Waals surface area contributed by atoms with E-state index in [0.717, 1.165) is 24.2 Å². The van der Waals surface area contributed by atoms with Crippen LogP contribution in [-0.4, -0.2) is 27.8 Å². The van der Waals surface area contributed by atoms with Crippen LogP contribution in [0.2, 0.25) is 0 Å². The van der Waals surface area contributed by atoms with Crippen molar-refractivity contribution in [3.05, 3.63) is 17.0 Å². The third kappa shape index (κ3) is 0.984. The molecule has 1 aliphatic rings. The van der Waals surface area contributed by atoms with Gasteiger partial charge in [0, 0.05) is 25.1 Å². The van der Waals surface area contributed by atoms with Crippen molar-refractivity contribution in [2.75, 3.05) is 6.54 Å². The Morgan fingerprint density at radius 3 is 3.17 bits per heavy atom. The smallest absolute Gasteiger partial charge is 0.354 e. The van der Waals surface area contributed by atoms with E-state index in [1.165, 1.54) is 0 Å². The van der Waals surface area contributed by atoms with Crippen LogP contribution < -0.4 is 5.32 Å². The summed E-state index contributed by atoms with van der Waals surface area (Å²) in [7, 11) is 0. The van der Waals surface area contributed by atoms with E-state index in [2.05, 4.69) is 15.5 Å². The van der Waals surface area contributed by atoms with Crippen molar-refractivity contribution in [3.63, 3.8) is 0 Å². The normalized spacial score (nSPS) is 15.7. The molecule has 0 unspecified atom stereocenters. The molecule has 0 fully saturated rings. The van der Waals surface area contributed by atoms with Crippen LogP contribution in [-0.2, 0) is 13.0 Å². The van der Waals surface area contributed by atoms with Crippen LogP contribution >= 0.6 is 0 Å². The summed E-state index contributed by atoms with van der Waals surface area (Å²) in [4.78, 5) is 10.6. The Morgan fingerprint density at radius 2 is 2.42 bits per heavy atom. The Hall–Kier alpha value is -1.36. The number of hydrogen-bond donors (Lipinski definition) is 3. The van der Waals surface area contributed by atoms with Crippen molar-refractivity contribution in [1.29, 1.82) is 0 Å². The van der Waals surface area contributed by atoms with Crippen LogP contribution in [0.4, 0.5) is 0 Å². The number of rotatable bonds is 1. The highest BCUT2D eigenvalue weighted by molar-refractivity contribution is 5.87. The number of carboxylic acid groups (broad SMARTS) is 1. The van der Waals surface area contributed by atoms with E-state index in [9.17, 15) is 4.79 Å². The van der Waals surface area contributed by atoms with E-state index in [-0.39, 0.29) is 5.69 Å². The number of aromatic carboxylic acids is 1. The molecule has 2 heterocycles. The van der Waals surface area contributed by atoms with Crippen LogP contribution in [0, 0.1) is 0 Å². The summed E-state index contributed by atoms with van der Waals surface area (Å²) in [6.07, 6.45) is 0.805. The lowest BCUT2D eigenvalue weighted by atomic mass is 10.1. The van der Waals surface area contributed by atoms with E-state index >= 15 is 0 Å². The maximum Gasteiger partial charge on any atom is 0.354 e. The zero-order chi connectivity index (χ0) is 8.55. The van der Waals surface area contributed by atoms with Crippen LogP contribution in [0.1, 0.15) is 21.7 Å². The summed E-state index contributed by atoms with van der Waals surface area (Å²) in [5.41, 5.74) is 1.90. The lowest BCUT2D eigenvalue weighted by Gasteiger charge is -2.10. The third-order valence-corrected chi connectivity index (χ3v) is 2.01. The molecule has 0 aromatic carbocycles. The van der Waals surface area contributed by atoms with Crippen molar-refractivity contribution < 1.29 is 9.90 Å². The third-order valence-electron chi connectivity index (χ3n) is 2.01. The Balaban J connectivity index is 2.44. The van der Waals surface area contributed by atoms with Crippen LogP contribution in [0.25, 0.3) is 0 Å². The molecule has 1 aromatic heterocycles. The highest BCUT2D eigenvalue weighted by Gasteiger charge is 2.20. The van der Waals surface area contributed by atoms with Gasteiger partial charge >= 0.3 is 5.97 Å². The van der Waals surface area contributed by atoms with Gasteiger partial charge in [-0.15, -0.1) is 0 Å². The molecule has 64 valence electrons. The minimum atomic E-state index is -0.938. The molecular weight excluding hydrogens is 158 g/mol. The Labute approximate surface area is 68.8 Å². The zero-order valence-corrected chi connectivity index (χ0v) is 6.42. The summed E-state index contributed by atoms with van der Waals surface area (Å²) in [5.74, 6) is -0.938. The van der Waals surface area contributed by atoms with E-state index in [1.807, 2.05) is 0 Å². The number of carbonyl (C=O) groups is 1. The largest absolute Gasteiger partial charge is 0.477 e. The van der Waals surface area contributed by atoms with Crippen LogP contribution in [0.3, 0.4) is 0 Å². The predicted molar refractivity (Wildman–Crippen MR) is 41.0 cm³/mol. The van der Waals surface area contributed by atoms with Gasteiger partial charge in [0.2, 0.25) is 0 Å². The molecule has 0 aliphatic carbocycles. The molecular formula is C7H9N3O2. The lowest BCUT2D eigenvalue weighted by Crippen LogP contribution is -2.24. The monoisotopic (exact) mass is 167 g/mol. The minimum absolute atomic E-state index is 0.220. The molecule has 0 atom stereocenters. The maximum atomic E-state index is 10.6. The Morgan fingerprint density at radius 1 is 1.58 bits per heavy atom. The molecule has 5 heteroatoms. The minimum Gasteiger partial charge on any atom is -0.477 e. The highest BCUT2D eigenvalue weighted by atomic mass is 16.4. The Bertz CT molecular complexity index is 318. The predicted octanol–water partition coefficient (Wildman–Crippen LogP) is -0.246. The fourth-order valence-electron chi connectivity index (χ4n) is 1.40. The molecule has 0 saturated heterocycles. The zero-order valence-electron chi connectivity index (χ0n) is 6.42. The quantitative estimate of drug-likeness (QED) is 0.539. The van der Waals surface area contributed by atoms with E-state index < -0.39 is 5.97 Å². The number of aromatic nitrogens is 2. The van der Waals surface area contributed by atoms with Crippen LogP contribution in [0.5, 0.6) is 0 Å². The first-order chi connectivity index (χ1) is 5.79. The second kappa shape index (κ2) is 2.60. The summed E-state index contributed by atoms with van der Waals surface area (Å²) >= 11 is 0. The van der Waals surface area contributed by atoms with Gasteiger partial charge in [0.1, 0.15) is 5.69 Å². The number of carboxylic acids is 1. The highest BCUT2D eigenvalue weighted by Crippen LogP contribution is 2.14. The number of nitrogens with one attached hydrogen (secondary N) is 2. The number of nitrogens with zero attached hydrogens (tertiary/aromatic N) is 1. The molecule has 1 aliphatic heterocycles. The topological polar surface area (TPSA) is 78.0 Å². The molecule has 0 amide bonds. The summed E-state index contributed by atoms with van der Waals surface area (Å²) in [5, 5.41) is 18.3. The number of H-pyrrole nitrogens is 1. The first-order valence-electron chi connectivity index (χ1n) is 3.79. The molecule has 0 spiro atoms. The van der Waals surface area contributed by atoms with Gasteiger partial charge in [-0.2, -0.15) is 5.10 Å². The molecule has 2 rings (SSSR count). The lowest BCUT2D eigenvalue weighted by molar-refractivity contribution is 0.0689. The average Bonchev–Trinajstić information content (AvgIpc) is 2.47.